The molecule has 3 rings (SSSR count). The normalized spacial score (nSPS) is 10.9. The molecule has 0 spiro atoms. The topological polar surface area (TPSA) is 78.6 Å². The molecule has 0 aliphatic carbocycles. The lowest BCUT2D eigenvalue weighted by molar-refractivity contribution is 0.475. The highest BCUT2D eigenvalue weighted by Crippen LogP contribution is 2.31. The molecule has 0 radical (unpaired) electrons. The summed E-state index contributed by atoms with van der Waals surface area (Å²) in [5.74, 6) is 1.58. The van der Waals surface area contributed by atoms with Crippen molar-refractivity contribution in [1.82, 2.24) is 19.6 Å². The Bertz CT molecular complexity index is 813. The zero-order valence-corrected chi connectivity index (χ0v) is 12.8. The molecule has 22 heavy (non-hydrogen) atoms. The van der Waals surface area contributed by atoms with Crippen LogP contribution in [0.4, 0.5) is 17.5 Å². The van der Waals surface area contributed by atoms with Crippen molar-refractivity contribution < 1.29 is 5.11 Å². The second-order valence-electron chi connectivity index (χ2n) is 4.93. The molecule has 0 bridgehead atoms. The van der Waals surface area contributed by atoms with E-state index < -0.39 is 0 Å². The number of aryl methyl sites for hydroxylation is 1. The first-order valence-electron chi connectivity index (χ1n) is 7.10. The van der Waals surface area contributed by atoms with Crippen LogP contribution in [0, 0.1) is 6.92 Å². The summed E-state index contributed by atoms with van der Waals surface area (Å²) in [6.07, 6.45) is 3.53. The van der Waals surface area contributed by atoms with Gasteiger partial charge in [-0.15, -0.1) is 10.2 Å². The molecule has 0 saturated carbocycles. The van der Waals surface area contributed by atoms with E-state index in [1.54, 1.807) is 25.4 Å². The molecule has 0 saturated heterocycles. The Morgan fingerprint density at radius 3 is 2.86 bits per heavy atom. The van der Waals surface area contributed by atoms with Gasteiger partial charge in [-0.3, -0.25) is 4.40 Å². The van der Waals surface area contributed by atoms with Gasteiger partial charge >= 0.3 is 0 Å². The number of rotatable bonds is 4. The van der Waals surface area contributed by atoms with Gasteiger partial charge in [0.2, 0.25) is 11.6 Å². The molecule has 0 aliphatic heterocycles. The van der Waals surface area contributed by atoms with Crippen molar-refractivity contribution >= 4 is 23.1 Å². The van der Waals surface area contributed by atoms with E-state index in [-0.39, 0.29) is 5.75 Å². The lowest BCUT2D eigenvalue weighted by atomic mass is 10.1. The van der Waals surface area contributed by atoms with Crippen LogP contribution in [-0.4, -0.2) is 38.3 Å². The van der Waals surface area contributed by atoms with E-state index in [0.29, 0.717) is 24.0 Å². The number of fused-ring (bicyclic) bond motifs is 1. The van der Waals surface area contributed by atoms with Gasteiger partial charge in [0.1, 0.15) is 5.75 Å². The maximum absolute atomic E-state index is 9.79. The van der Waals surface area contributed by atoms with Crippen LogP contribution in [0.25, 0.3) is 5.65 Å². The van der Waals surface area contributed by atoms with Crippen LogP contribution in [0.5, 0.6) is 5.75 Å². The van der Waals surface area contributed by atoms with E-state index >= 15 is 0 Å². The molecule has 0 aliphatic rings. The Morgan fingerprint density at radius 1 is 1.32 bits per heavy atom. The number of hydrogen-bond donors (Lipinski definition) is 2. The van der Waals surface area contributed by atoms with Gasteiger partial charge in [0, 0.05) is 37.7 Å². The molecule has 7 heteroatoms. The van der Waals surface area contributed by atoms with Crippen LogP contribution in [0.1, 0.15) is 12.5 Å². The first-order valence-corrected chi connectivity index (χ1v) is 7.10. The SMILES string of the molecule is CCN(c1cc(O)ccc1C)c1nccn2c(NC)nnc12. The highest BCUT2D eigenvalue weighted by molar-refractivity contribution is 5.75. The van der Waals surface area contributed by atoms with E-state index in [1.165, 1.54) is 0 Å². The van der Waals surface area contributed by atoms with Crippen molar-refractivity contribution in [3.63, 3.8) is 0 Å². The van der Waals surface area contributed by atoms with Crippen molar-refractivity contribution in [2.45, 2.75) is 13.8 Å². The highest BCUT2D eigenvalue weighted by atomic mass is 16.3. The molecule has 0 amide bonds. The molecule has 2 aromatic heterocycles. The lowest BCUT2D eigenvalue weighted by Crippen LogP contribution is -2.19. The molecule has 3 aromatic rings. The zero-order valence-electron chi connectivity index (χ0n) is 12.8. The van der Waals surface area contributed by atoms with Gasteiger partial charge in [-0.05, 0) is 25.5 Å². The van der Waals surface area contributed by atoms with Crippen LogP contribution in [0.2, 0.25) is 0 Å². The Kier molecular flexibility index (Phi) is 3.54. The Balaban J connectivity index is 2.19. The quantitative estimate of drug-likeness (QED) is 0.769. The van der Waals surface area contributed by atoms with Crippen LogP contribution >= 0.6 is 0 Å². The molecule has 7 nitrogen and oxygen atoms in total. The van der Waals surface area contributed by atoms with Gasteiger partial charge in [0.25, 0.3) is 0 Å². The molecular formula is C15H18N6O. The largest absolute Gasteiger partial charge is 0.508 e. The lowest BCUT2D eigenvalue weighted by Gasteiger charge is -2.24. The average molecular weight is 298 g/mol. The summed E-state index contributed by atoms with van der Waals surface area (Å²) < 4.78 is 1.85. The number of nitrogens with one attached hydrogen (secondary N) is 1. The second kappa shape index (κ2) is 5.51. The fourth-order valence-corrected chi connectivity index (χ4v) is 2.50. The van der Waals surface area contributed by atoms with E-state index in [0.717, 1.165) is 11.3 Å². The van der Waals surface area contributed by atoms with Gasteiger partial charge in [0.05, 0.1) is 0 Å². The number of nitrogens with zero attached hydrogens (tertiary/aromatic N) is 5. The Labute approximate surface area is 128 Å². The third kappa shape index (κ3) is 2.20. The fourth-order valence-electron chi connectivity index (χ4n) is 2.50. The maximum atomic E-state index is 9.79. The molecule has 0 atom stereocenters. The van der Waals surface area contributed by atoms with Gasteiger partial charge in [-0.2, -0.15) is 0 Å². The van der Waals surface area contributed by atoms with Crippen LogP contribution < -0.4 is 10.2 Å². The maximum Gasteiger partial charge on any atom is 0.228 e. The minimum atomic E-state index is 0.225. The minimum absolute atomic E-state index is 0.225. The van der Waals surface area contributed by atoms with Gasteiger partial charge in [-0.1, -0.05) is 6.07 Å². The van der Waals surface area contributed by atoms with Crippen molar-refractivity contribution in [2.75, 3.05) is 23.8 Å². The molecule has 114 valence electrons. The molecular weight excluding hydrogens is 280 g/mol. The number of benzene rings is 1. The van der Waals surface area contributed by atoms with Crippen LogP contribution in [0.3, 0.4) is 0 Å². The van der Waals surface area contributed by atoms with Gasteiger partial charge in [0.15, 0.2) is 5.82 Å². The first-order chi connectivity index (χ1) is 10.7. The summed E-state index contributed by atoms with van der Waals surface area (Å²) in [7, 11) is 1.80. The average Bonchev–Trinajstić information content (AvgIpc) is 2.95. The highest BCUT2D eigenvalue weighted by Gasteiger charge is 2.18. The second-order valence-corrected chi connectivity index (χ2v) is 4.93. The number of hydrogen-bond acceptors (Lipinski definition) is 6. The molecule has 2 heterocycles. The smallest absolute Gasteiger partial charge is 0.228 e. The number of phenols is 1. The summed E-state index contributed by atoms with van der Waals surface area (Å²) in [5.41, 5.74) is 2.62. The minimum Gasteiger partial charge on any atom is -0.508 e. The van der Waals surface area contributed by atoms with Crippen LogP contribution in [0.15, 0.2) is 30.6 Å². The van der Waals surface area contributed by atoms with Crippen molar-refractivity contribution in [3.05, 3.63) is 36.2 Å². The third-order valence-corrected chi connectivity index (χ3v) is 3.59. The summed E-state index contributed by atoms with van der Waals surface area (Å²) >= 11 is 0. The van der Waals surface area contributed by atoms with Crippen molar-refractivity contribution in [3.8, 4) is 5.75 Å². The Morgan fingerprint density at radius 2 is 2.14 bits per heavy atom. The molecule has 0 fully saturated rings. The fraction of sp³-hybridized carbons (Fsp3) is 0.267. The summed E-state index contributed by atoms with van der Waals surface area (Å²) in [5, 5.41) is 21.1. The summed E-state index contributed by atoms with van der Waals surface area (Å²) in [6, 6.07) is 5.30. The zero-order chi connectivity index (χ0) is 15.7. The molecule has 0 unspecified atom stereocenters. The predicted molar refractivity (Wildman–Crippen MR) is 85.9 cm³/mol. The number of phenolic OH excluding ortho intramolecular Hbond substituents is 1. The standard InChI is InChI=1S/C15H18N6O/c1-4-20(12-9-11(22)6-5-10(12)2)13-14-18-19-15(16-3)21(14)8-7-17-13/h5-9,22H,4H2,1-3H3,(H,16,19). The van der Waals surface area contributed by atoms with Crippen molar-refractivity contribution in [1.29, 1.82) is 0 Å². The molecule has 1 aromatic carbocycles. The van der Waals surface area contributed by atoms with Crippen LogP contribution in [-0.2, 0) is 0 Å². The molecule has 2 N–H and O–H groups in total. The predicted octanol–water partition coefficient (Wildman–Crippen LogP) is 2.34. The summed E-state index contributed by atoms with van der Waals surface area (Å²) in [4.78, 5) is 6.48. The van der Waals surface area contributed by atoms with E-state index in [2.05, 4.69) is 20.5 Å². The number of anilines is 3. The van der Waals surface area contributed by atoms with E-state index in [4.69, 9.17) is 0 Å². The van der Waals surface area contributed by atoms with Gasteiger partial charge in [-0.25, -0.2) is 4.98 Å². The van der Waals surface area contributed by atoms with Crippen molar-refractivity contribution in [2.24, 2.45) is 0 Å². The monoisotopic (exact) mass is 298 g/mol. The Hall–Kier alpha value is -2.83. The first kappa shape index (κ1) is 14.1. The third-order valence-electron chi connectivity index (χ3n) is 3.59. The van der Waals surface area contributed by atoms with E-state index in [1.807, 2.05) is 35.4 Å². The number of aromatic hydroxyl groups is 1. The van der Waals surface area contributed by atoms with Gasteiger partial charge < -0.3 is 15.3 Å². The number of aromatic nitrogens is 4. The summed E-state index contributed by atoms with van der Waals surface area (Å²) in [6.45, 7) is 4.73. The van der Waals surface area contributed by atoms with E-state index in [9.17, 15) is 5.11 Å².